The molecule has 0 saturated carbocycles. The fourth-order valence-corrected chi connectivity index (χ4v) is 3.20. The van der Waals surface area contributed by atoms with Crippen molar-refractivity contribution >= 4 is 34.1 Å². The van der Waals surface area contributed by atoms with Crippen molar-refractivity contribution in [3.8, 4) is 0 Å². The zero-order valence-electron chi connectivity index (χ0n) is 14.6. The molecule has 0 aliphatic heterocycles. The molecule has 2 rings (SSSR count). The highest BCUT2D eigenvalue weighted by molar-refractivity contribution is 7.15. The molecular formula is C16H20N4O5S. The fraction of sp³-hybridized carbons (Fsp3) is 0.438. The van der Waals surface area contributed by atoms with Gasteiger partial charge in [-0.25, -0.2) is 9.78 Å². The van der Waals surface area contributed by atoms with Gasteiger partial charge >= 0.3 is 5.97 Å². The smallest absolute Gasteiger partial charge is 0.326 e. The number of aryl methyl sites for hydroxylation is 1. The number of aromatic nitrogens is 2. The van der Waals surface area contributed by atoms with Crippen LogP contribution in [-0.2, 0) is 9.59 Å². The van der Waals surface area contributed by atoms with Crippen LogP contribution >= 0.6 is 11.3 Å². The Morgan fingerprint density at radius 2 is 2.04 bits per heavy atom. The Morgan fingerprint density at radius 3 is 2.65 bits per heavy atom. The van der Waals surface area contributed by atoms with Gasteiger partial charge in [0.15, 0.2) is 4.96 Å². The number of aliphatic carboxylic acids is 1. The van der Waals surface area contributed by atoms with Crippen LogP contribution in [0.3, 0.4) is 0 Å². The predicted molar refractivity (Wildman–Crippen MR) is 95.4 cm³/mol. The van der Waals surface area contributed by atoms with E-state index in [0.29, 0.717) is 10.7 Å². The Labute approximate surface area is 153 Å². The maximum Gasteiger partial charge on any atom is 0.326 e. The number of hydrogen-bond donors (Lipinski definition) is 3. The zero-order chi connectivity index (χ0) is 19.4. The van der Waals surface area contributed by atoms with Crippen molar-refractivity contribution in [1.29, 1.82) is 0 Å². The normalized spacial score (nSPS) is 12.2. The van der Waals surface area contributed by atoms with E-state index in [1.54, 1.807) is 12.3 Å². The van der Waals surface area contributed by atoms with E-state index in [0.717, 1.165) is 0 Å². The van der Waals surface area contributed by atoms with Gasteiger partial charge in [0.05, 0.1) is 6.54 Å². The van der Waals surface area contributed by atoms with Crippen LogP contribution in [0.5, 0.6) is 0 Å². The average molecular weight is 380 g/mol. The Hall–Kier alpha value is -2.75. The largest absolute Gasteiger partial charge is 0.480 e. The van der Waals surface area contributed by atoms with Crippen LogP contribution in [0.25, 0.3) is 4.96 Å². The Balaban J connectivity index is 2.03. The van der Waals surface area contributed by atoms with Crippen LogP contribution in [-0.4, -0.2) is 44.9 Å². The third kappa shape index (κ3) is 4.45. The molecule has 140 valence electrons. The molecule has 0 radical (unpaired) electrons. The molecule has 2 heterocycles. The topological polar surface area (TPSA) is 130 Å². The summed E-state index contributed by atoms with van der Waals surface area (Å²) in [6.07, 6.45) is 1.44. The first kappa shape index (κ1) is 19.6. The number of hydrogen-bond acceptors (Lipinski definition) is 6. The third-order valence-electron chi connectivity index (χ3n) is 3.61. The molecule has 1 atom stereocenters. The van der Waals surface area contributed by atoms with E-state index in [1.165, 1.54) is 21.9 Å². The number of nitrogens with zero attached hydrogens (tertiary/aromatic N) is 2. The Morgan fingerprint density at radius 1 is 1.35 bits per heavy atom. The van der Waals surface area contributed by atoms with Crippen molar-refractivity contribution < 1.29 is 19.5 Å². The molecule has 10 heteroatoms. The van der Waals surface area contributed by atoms with Gasteiger partial charge in [-0.05, 0) is 19.3 Å². The van der Waals surface area contributed by atoms with Gasteiger partial charge in [0.25, 0.3) is 11.5 Å². The van der Waals surface area contributed by atoms with E-state index in [4.69, 9.17) is 5.11 Å². The molecule has 3 N–H and O–H groups in total. The van der Waals surface area contributed by atoms with Gasteiger partial charge in [-0.15, -0.1) is 11.3 Å². The lowest BCUT2D eigenvalue weighted by Crippen LogP contribution is -2.46. The Bertz CT molecular complexity index is 902. The van der Waals surface area contributed by atoms with Crippen LogP contribution in [0.1, 0.15) is 36.3 Å². The van der Waals surface area contributed by atoms with Gasteiger partial charge in [-0.1, -0.05) is 13.8 Å². The summed E-state index contributed by atoms with van der Waals surface area (Å²) >= 11 is 1.28. The second-order valence-corrected chi connectivity index (χ2v) is 7.08. The number of amides is 2. The molecule has 9 nitrogen and oxygen atoms in total. The quantitative estimate of drug-likeness (QED) is 0.638. The van der Waals surface area contributed by atoms with Crippen molar-refractivity contribution in [2.45, 2.75) is 33.2 Å². The van der Waals surface area contributed by atoms with Crippen LogP contribution in [0, 0.1) is 12.8 Å². The first-order valence-electron chi connectivity index (χ1n) is 7.97. The maximum atomic E-state index is 12.4. The lowest BCUT2D eigenvalue weighted by Gasteiger charge is -2.16. The minimum absolute atomic E-state index is 0.0812. The number of fused-ring (bicyclic) bond motifs is 1. The van der Waals surface area contributed by atoms with Crippen molar-refractivity contribution in [1.82, 2.24) is 20.0 Å². The molecule has 2 aromatic heterocycles. The first-order valence-corrected chi connectivity index (χ1v) is 8.85. The SMILES string of the molecule is Cc1csc2ncc(C(=O)NCC(=O)N[C@@H](CC(C)C)C(=O)O)c(=O)n12. The summed E-state index contributed by atoms with van der Waals surface area (Å²) in [5.41, 5.74) is -0.0449. The summed E-state index contributed by atoms with van der Waals surface area (Å²) in [4.78, 5) is 52.1. The molecule has 26 heavy (non-hydrogen) atoms. The molecule has 0 spiro atoms. The van der Waals surface area contributed by atoms with Gasteiger partial charge in [0.2, 0.25) is 5.91 Å². The first-order chi connectivity index (χ1) is 12.2. The molecule has 2 aromatic rings. The fourth-order valence-electron chi connectivity index (χ4n) is 2.37. The molecule has 0 fully saturated rings. The molecule has 0 bridgehead atoms. The summed E-state index contributed by atoms with van der Waals surface area (Å²) in [6.45, 7) is 4.97. The highest BCUT2D eigenvalue weighted by Gasteiger charge is 2.22. The minimum Gasteiger partial charge on any atom is -0.480 e. The number of carbonyl (C=O) groups is 3. The highest BCUT2D eigenvalue weighted by Crippen LogP contribution is 2.11. The van der Waals surface area contributed by atoms with E-state index >= 15 is 0 Å². The van der Waals surface area contributed by atoms with Gasteiger partial charge in [0.1, 0.15) is 11.6 Å². The number of thiazole rings is 1. The molecule has 0 saturated heterocycles. The third-order valence-corrected chi connectivity index (χ3v) is 4.57. The average Bonchev–Trinajstić information content (AvgIpc) is 2.94. The van der Waals surface area contributed by atoms with Gasteiger partial charge in [0, 0.05) is 17.3 Å². The molecule has 0 aliphatic carbocycles. The number of carboxylic acids is 1. The second kappa shape index (κ2) is 8.09. The number of rotatable bonds is 7. The monoisotopic (exact) mass is 380 g/mol. The van der Waals surface area contributed by atoms with Crippen molar-refractivity contribution in [2.75, 3.05) is 6.54 Å². The molecule has 0 aliphatic rings. The van der Waals surface area contributed by atoms with Crippen LogP contribution in [0.15, 0.2) is 16.4 Å². The molecular weight excluding hydrogens is 360 g/mol. The van der Waals surface area contributed by atoms with E-state index in [-0.39, 0.29) is 17.9 Å². The summed E-state index contributed by atoms with van der Waals surface area (Å²) < 4.78 is 1.32. The summed E-state index contributed by atoms with van der Waals surface area (Å²) in [7, 11) is 0. The highest BCUT2D eigenvalue weighted by atomic mass is 32.1. The van der Waals surface area contributed by atoms with Crippen LogP contribution in [0.4, 0.5) is 0 Å². The lowest BCUT2D eigenvalue weighted by atomic mass is 10.0. The number of carboxylic acid groups (broad SMARTS) is 1. The van der Waals surface area contributed by atoms with E-state index < -0.39 is 35.9 Å². The standard InChI is InChI=1S/C16H20N4O5S/c1-8(2)4-11(15(24)25)19-12(21)6-17-13(22)10-5-18-16-20(14(10)23)9(3)7-26-16/h5,7-8,11H,4,6H2,1-3H3,(H,17,22)(H,19,21)(H,24,25)/t11-/m0/s1. The zero-order valence-corrected chi connectivity index (χ0v) is 15.4. The van der Waals surface area contributed by atoms with Crippen molar-refractivity contribution in [3.63, 3.8) is 0 Å². The number of carbonyl (C=O) groups excluding carboxylic acids is 2. The van der Waals surface area contributed by atoms with Crippen LogP contribution < -0.4 is 16.2 Å². The number of nitrogens with one attached hydrogen (secondary N) is 2. The summed E-state index contributed by atoms with van der Waals surface area (Å²) in [5, 5.41) is 15.5. The molecule has 0 aromatic carbocycles. The summed E-state index contributed by atoms with van der Waals surface area (Å²) in [5.74, 6) is -2.45. The lowest BCUT2D eigenvalue weighted by molar-refractivity contribution is -0.142. The van der Waals surface area contributed by atoms with E-state index in [9.17, 15) is 19.2 Å². The van der Waals surface area contributed by atoms with Crippen molar-refractivity contribution in [3.05, 3.63) is 33.2 Å². The second-order valence-electron chi connectivity index (χ2n) is 6.24. The van der Waals surface area contributed by atoms with Crippen molar-refractivity contribution in [2.24, 2.45) is 5.92 Å². The predicted octanol–water partition coefficient (Wildman–Crippen LogP) is 0.410. The van der Waals surface area contributed by atoms with E-state index in [2.05, 4.69) is 15.6 Å². The van der Waals surface area contributed by atoms with E-state index in [1.807, 2.05) is 13.8 Å². The van der Waals surface area contributed by atoms with Gasteiger partial charge in [-0.2, -0.15) is 0 Å². The Kier molecular flexibility index (Phi) is 6.09. The molecule has 0 unspecified atom stereocenters. The van der Waals surface area contributed by atoms with Crippen LogP contribution in [0.2, 0.25) is 0 Å². The minimum atomic E-state index is -1.14. The van der Waals surface area contributed by atoms with Gasteiger partial charge < -0.3 is 15.7 Å². The maximum absolute atomic E-state index is 12.4. The van der Waals surface area contributed by atoms with Gasteiger partial charge in [-0.3, -0.25) is 18.8 Å². The molecule has 2 amide bonds. The summed E-state index contributed by atoms with van der Waals surface area (Å²) in [6, 6.07) is -1.03.